The van der Waals surface area contributed by atoms with Gasteiger partial charge in [0, 0.05) is 6.54 Å². The molecule has 10 heteroatoms. The number of primary sulfonamides is 1. The van der Waals surface area contributed by atoms with Gasteiger partial charge in [0.05, 0.1) is 21.9 Å². The smallest absolute Gasteiger partial charge is 0.264 e. The molecule has 176 valence electrons. The standard InChI is InChI=1S/C24H23N3O5S2/c1-16-4-8-18(9-5-16)27-22(28)15-20(23(27)29)26(24(30)21-3-2-14-33-21)13-12-17-6-10-19(11-7-17)34(25,31)32/h2-11,14,20H,12-13,15H2,1H3,(H2,25,31,32). The molecule has 34 heavy (non-hydrogen) atoms. The largest absolute Gasteiger partial charge is 0.325 e. The summed E-state index contributed by atoms with van der Waals surface area (Å²) >= 11 is 1.26. The summed E-state index contributed by atoms with van der Waals surface area (Å²) in [4.78, 5) is 42.5. The number of nitrogens with two attached hydrogens (primary N) is 1. The lowest BCUT2D eigenvalue weighted by Gasteiger charge is -2.27. The van der Waals surface area contributed by atoms with E-state index in [1.807, 2.05) is 19.1 Å². The Morgan fingerprint density at radius 1 is 1.09 bits per heavy atom. The highest BCUT2D eigenvalue weighted by Gasteiger charge is 2.44. The normalized spacial score (nSPS) is 16.2. The van der Waals surface area contributed by atoms with Crippen LogP contribution in [-0.2, 0) is 26.0 Å². The fraction of sp³-hybridized carbons (Fsp3) is 0.208. The van der Waals surface area contributed by atoms with Crippen LogP contribution in [0.15, 0.2) is 70.9 Å². The van der Waals surface area contributed by atoms with E-state index in [0.29, 0.717) is 17.0 Å². The average Bonchev–Trinajstić information content (AvgIpc) is 3.43. The van der Waals surface area contributed by atoms with Gasteiger partial charge in [-0.3, -0.25) is 14.4 Å². The van der Waals surface area contributed by atoms with E-state index in [1.54, 1.807) is 41.8 Å². The number of hydrogen-bond donors (Lipinski definition) is 1. The number of aryl methyl sites for hydroxylation is 1. The van der Waals surface area contributed by atoms with Crippen molar-refractivity contribution in [1.82, 2.24) is 4.90 Å². The molecule has 4 rings (SSSR count). The summed E-state index contributed by atoms with van der Waals surface area (Å²) in [5.74, 6) is -1.13. The van der Waals surface area contributed by atoms with Gasteiger partial charge < -0.3 is 4.90 Å². The number of carbonyl (C=O) groups is 3. The number of imide groups is 1. The third-order valence-electron chi connectivity index (χ3n) is 5.68. The topological polar surface area (TPSA) is 118 Å². The van der Waals surface area contributed by atoms with Crippen molar-refractivity contribution in [1.29, 1.82) is 0 Å². The highest BCUT2D eigenvalue weighted by atomic mass is 32.2. The number of anilines is 1. The van der Waals surface area contributed by atoms with E-state index in [9.17, 15) is 22.8 Å². The van der Waals surface area contributed by atoms with Crippen LogP contribution < -0.4 is 10.0 Å². The Morgan fingerprint density at radius 3 is 2.35 bits per heavy atom. The van der Waals surface area contributed by atoms with Gasteiger partial charge in [-0.25, -0.2) is 18.5 Å². The van der Waals surface area contributed by atoms with Crippen LogP contribution >= 0.6 is 11.3 Å². The minimum Gasteiger partial charge on any atom is -0.325 e. The van der Waals surface area contributed by atoms with Crippen molar-refractivity contribution in [2.24, 2.45) is 5.14 Å². The van der Waals surface area contributed by atoms with Crippen LogP contribution in [0, 0.1) is 6.92 Å². The second-order valence-corrected chi connectivity index (χ2v) is 10.5. The zero-order valence-corrected chi connectivity index (χ0v) is 20.0. The van der Waals surface area contributed by atoms with E-state index < -0.39 is 22.0 Å². The molecule has 0 saturated carbocycles. The van der Waals surface area contributed by atoms with Gasteiger partial charge in [-0.2, -0.15) is 0 Å². The van der Waals surface area contributed by atoms with Crippen molar-refractivity contribution >= 4 is 44.8 Å². The predicted octanol–water partition coefficient (Wildman–Crippen LogP) is 2.72. The van der Waals surface area contributed by atoms with Crippen LogP contribution in [0.2, 0.25) is 0 Å². The van der Waals surface area contributed by atoms with Gasteiger partial charge >= 0.3 is 0 Å². The number of amides is 3. The average molecular weight is 498 g/mol. The number of nitrogens with zero attached hydrogens (tertiary/aromatic N) is 2. The Morgan fingerprint density at radius 2 is 1.76 bits per heavy atom. The van der Waals surface area contributed by atoms with Gasteiger partial charge in [0.2, 0.25) is 15.9 Å². The van der Waals surface area contributed by atoms with Crippen LogP contribution in [0.3, 0.4) is 0 Å². The quantitative estimate of drug-likeness (QED) is 0.504. The first-order valence-electron chi connectivity index (χ1n) is 10.5. The van der Waals surface area contributed by atoms with E-state index in [4.69, 9.17) is 5.14 Å². The number of benzene rings is 2. The first-order valence-corrected chi connectivity index (χ1v) is 13.0. The third-order valence-corrected chi connectivity index (χ3v) is 7.46. The first-order chi connectivity index (χ1) is 16.1. The predicted molar refractivity (Wildman–Crippen MR) is 129 cm³/mol. The molecule has 2 aromatic carbocycles. The van der Waals surface area contributed by atoms with E-state index in [1.165, 1.54) is 28.4 Å². The fourth-order valence-electron chi connectivity index (χ4n) is 3.86. The number of rotatable bonds is 7. The van der Waals surface area contributed by atoms with E-state index in [2.05, 4.69) is 0 Å². The maximum Gasteiger partial charge on any atom is 0.264 e. The van der Waals surface area contributed by atoms with E-state index in [-0.39, 0.29) is 29.7 Å². The third kappa shape index (κ3) is 4.93. The van der Waals surface area contributed by atoms with Crippen LogP contribution in [0.5, 0.6) is 0 Å². The summed E-state index contributed by atoms with van der Waals surface area (Å²) in [5.41, 5.74) is 2.25. The van der Waals surface area contributed by atoms with E-state index >= 15 is 0 Å². The molecule has 3 amide bonds. The Hall–Kier alpha value is -3.34. The van der Waals surface area contributed by atoms with Crippen molar-refractivity contribution in [3.05, 3.63) is 82.0 Å². The minimum absolute atomic E-state index is 0.00641. The number of hydrogen-bond acceptors (Lipinski definition) is 6. The molecule has 1 aliphatic rings. The molecule has 1 aromatic heterocycles. The minimum atomic E-state index is -3.81. The Labute approximate surface area is 201 Å². The van der Waals surface area contributed by atoms with Crippen LogP contribution in [-0.4, -0.2) is 43.6 Å². The SMILES string of the molecule is Cc1ccc(N2C(=O)CC(N(CCc3ccc(S(N)(=O)=O)cc3)C(=O)c3cccs3)C2=O)cc1. The van der Waals surface area contributed by atoms with Crippen molar-refractivity contribution in [2.45, 2.75) is 30.7 Å². The van der Waals surface area contributed by atoms with Crippen LogP contribution in [0.1, 0.15) is 27.2 Å². The summed E-state index contributed by atoms with van der Waals surface area (Å²) in [6.07, 6.45) is 0.263. The van der Waals surface area contributed by atoms with Gasteiger partial charge in [-0.15, -0.1) is 11.3 Å². The van der Waals surface area contributed by atoms with Crippen molar-refractivity contribution < 1.29 is 22.8 Å². The molecular formula is C24H23N3O5S2. The molecule has 0 radical (unpaired) electrons. The molecule has 2 N–H and O–H groups in total. The molecule has 8 nitrogen and oxygen atoms in total. The monoisotopic (exact) mass is 497 g/mol. The van der Waals surface area contributed by atoms with Crippen LogP contribution in [0.25, 0.3) is 0 Å². The molecule has 1 fully saturated rings. The van der Waals surface area contributed by atoms with Gasteiger partial charge in [0.25, 0.3) is 11.8 Å². The second kappa shape index (κ2) is 9.49. The summed E-state index contributed by atoms with van der Waals surface area (Å²) in [6.45, 7) is 2.09. The molecule has 3 aromatic rings. The maximum absolute atomic E-state index is 13.3. The van der Waals surface area contributed by atoms with Gasteiger partial charge in [-0.1, -0.05) is 35.9 Å². The van der Waals surface area contributed by atoms with Gasteiger partial charge in [0.1, 0.15) is 6.04 Å². The lowest BCUT2D eigenvalue weighted by Crippen LogP contribution is -2.46. The molecular weight excluding hydrogens is 474 g/mol. The molecule has 1 saturated heterocycles. The van der Waals surface area contributed by atoms with Crippen LogP contribution in [0.4, 0.5) is 5.69 Å². The number of sulfonamides is 1. The molecule has 1 unspecified atom stereocenters. The molecule has 0 aliphatic carbocycles. The lowest BCUT2D eigenvalue weighted by molar-refractivity contribution is -0.122. The second-order valence-electron chi connectivity index (χ2n) is 8.04. The van der Waals surface area contributed by atoms with E-state index in [0.717, 1.165) is 16.0 Å². The number of carbonyl (C=O) groups excluding carboxylic acids is 3. The lowest BCUT2D eigenvalue weighted by atomic mass is 10.1. The molecule has 2 heterocycles. The Bertz CT molecular complexity index is 1320. The summed E-state index contributed by atoms with van der Waals surface area (Å²) in [7, 11) is -3.81. The Kier molecular flexibility index (Phi) is 6.65. The summed E-state index contributed by atoms with van der Waals surface area (Å²) in [6, 6.07) is 15.6. The van der Waals surface area contributed by atoms with Crippen molar-refractivity contribution in [3.8, 4) is 0 Å². The molecule has 1 aliphatic heterocycles. The van der Waals surface area contributed by atoms with Gasteiger partial charge in [0.15, 0.2) is 0 Å². The fourth-order valence-corrected chi connectivity index (χ4v) is 5.05. The van der Waals surface area contributed by atoms with Gasteiger partial charge in [-0.05, 0) is 54.6 Å². The highest BCUT2D eigenvalue weighted by molar-refractivity contribution is 7.89. The molecule has 1 atom stereocenters. The zero-order chi connectivity index (χ0) is 24.5. The summed E-state index contributed by atoms with van der Waals surface area (Å²) in [5, 5.41) is 6.93. The first kappa shape index (κ1) is 23.8. The van der Waals surface area contributed by atoms with Crippen molar-refractivity contribution in [2.75, 3.05) is 11.4 Å². The zero-order valence-electron chi connectivity index (χ0n) is 18.4. The highest BCUT2D eigenvalue weighted by Crippen LogP contribution is 2.28. The molecule has 0 bridgehead atoms. The number of thiophene rings is 1. The maximum atomic E-state index is 13.3. The summed E-state index contributed by atoms with van der Waals surface area (Å²) < 4.78 is 23.0. The molecule has 0 spiro atoms. The Balaban J connectivity index is 1.59. The van der Waals surface area contributed by atoms with Crippen molar-refractivity contribution in [3.63, 3.8) is 0 Å².